The lowest BCUT2D eigenvalue weighted by Gasteiger charge is -2.19. The van der Waals surface area contributed by atoms with E-state index in [2.05, 4.69) is 25.6 Å². The van der Waals surface area contributed by atoms with Gasteiger partial charge in [-0.1, -0.05) is 24.3 Å². The average molecular weight is 550 g/mol. The van der Waals surface area contributed by atoms with Crippen molar-refractivity contribution in [3.63, 3.8) is 0 Å². The molecule has 40 heavy (non-hydrogen) atoms. The fraction of sp³-hybridized carbons (Fsp3) is 0.143. The van der Waals surface area contributed by atoms with E-state index in [0.717, 1.165) is 40.3 Å². The summed E-state index contributed by atoms with van der Waals surface area (Å²) in [7, 11) is 1.86. The Kier molecular flexibility index (Phi) is 6.84. The Morgan fingerprint density at radius 3 is 2.40 bits per heavy atom. The topological polar surface area (TPSA) is 111 Å². The minimum atomic E-state index is -4.70. The molecule has 0 radical (unpaired) electrons. The number of carbonyl (C=O) groups excluding carboxylic acids is 1. The van der Waals surface area contributed by atoms with Crippen LogP contribution < -0.4 is 16.4 Å². The van der Waals surface area contributed by atoms with E-state index in [1.54, 1.807) is 6.92 Å². The Balaban J connectivity index is 1.42. The Morgan fingerprint density at radius 1 is 1.02 bits per heavy atom. The van der Waals surface area contributed by atoms with E-state index >= 15 is 0 Å². The number of rotatable bonds is 6. The van der Waals surface area contributed by atoms with Crippen molar-refractivity contribution in [2.75, 3.05) is 16.4 Å². The van der Waals surface area contributed by atoms with Crippen LogP contribution in [0.2, 0.25) is 0 Å². The number of fused-ring (bicyclic) bond motifs is 1. The first-order valence-electron chi connectivity index (χ1n) is 12.1. The number of nitrogens with two attached hydrogens (primary N) is 1. The van der Waals surface area contributed by atoms with Gasteiger partial charge in [-0.3, -0.25) is 4.79 Å². The number of halogens is 4. The van der Waals surface area contributed by atoms with E-state index in [0.29, 0.717) is 17.7 Å². The lowest BCUT2D eigenvalue weighted by Crippen LogP contribution is -2.19. The lowest BCUT2D eigenvalue weighted by molar-refractivity contribution is -0.137. The second-order valence-electron chi connectivity index (χ2n) is 9.18. The van der Waals surface area contributed by atoms with Gasteiger partial charge in [-0.2, -0.15) is 13.2 Å². The minimum absolute atomic E-state index is 0.0387. The number of pyridine rings is 1. The summed E-state index contributed by atoms with van der Waals surface area (Å²) in [5.41, 5.74) is 8.15. The molecule has 0 spiro atoms. The number of aromatic nitrogens is 4. The van der Waals surface area contributed by atoms with Crippen molar-refractivity contribution in [1.29, 1.82) is 0 Å². The average Bonchev–Trinajstić information content (AvgIpc) is 3.27. The van der Waals surface area contributed by atoms with E-state index in [4.69, 9.17) is 5.73 Å². The zero-order valence-electron chi connectivity index (χ0n) is 21.3. The van der Waals surface area contributed by atoms with Crippen molar-refractivity contribution in [2.45, 2.75) is 19.1 Å². The highest BCUT2D eigenvalue weighted by atomic mass is 19.4. The van der Waals surface area contributed by atoms with Gasteiger partial charge in [0.25, 0.3) is 5.91 Å². The molecule has 0 fully saturated rings. The first-order valence-corrected chi connectivity index (χ1v) is 12.1. The second kappa shape index (κ2) is 10.3. The Labute approximate surface area is 225 Å². The minimum Gasteiger partial charge on any atom is -0.383 e. The number of aryl methyl sites for hydroxylation is 1. The summed E-state index contributed by atoms with van der Waals surface area (Å²) in [6, 6.07) is 12.7. The van der Waals surface area contributed by atoms with Crippen LogP contribution in [0.15, 0.2) is 73.3 Å². The fourth-order valence-corrected chi connectivity index (χ4v) is 4.33. The molecule has 3 aromatic heterocycles. The molecule has 0 bridgehead atoms. The van der Waals surface area contributed by atoms with Gasteiger partial charge in [-0.05, 0) is 48.4 Å². The summed E-state index contributed by atoms with van der Waals surface area (Å²) >= 11 is 0. The van der Waals surface area contributed by atoms with E-state index < -0.39 is 29.5 Å². The van der Waals surface area contributed by atoms with Crippen LogP contribution in [0.1, 0.15) is 34.5 Å². The molecule has 0 saturated carbocycles. The molecule has 0 aliphatic rings. The number of benzene rings is 2. The summed E-state index contributed by atoms with van der Waals surface area (Å²) in [6.45, 7) is 1.79. The van der Waals surface area contributed by atoms with Crippen molar-refractivity contribution in [2.24, 2.45) is 7.05 Å². The number of hydrogen-bond donors (Lipinski definition) is 3. The molecule has 8 nitrogen and oxygen atoms in total. The van der Waals surface area contributed by atoms with Crippen LogP contribution in [-0.4, -0.2) is 25.4 Å². The predicted molar refractivity (Wildman–Crippen MR) is 144 cm³/mol. The number of carbonyl (C=O) groups is 1. The van der Waals surface area contributed by atoms with Crippen molar-refractivity contribution < 1.29 is 22.4 Å². The normalized spacial score (nSPS) is 12.3. The molecule has 0 aliphatic heterocycles. The molecular formula is C28H23F4N7O. The molecule has 5 rings (SSSR count). The molecule has 3 heterocycles. The van der Waals surface area contributed by atoms with Gasteiger partial charge < -0.3 is 20.9 Å². The summed E-state index contributed by atoms with van der Waals surface area (Å²) in [4.78, 5) is 25.3. The highest BCUT2D eigenvalue weighted by Gasteiger charge is 2.33. The summed E-state index contributed by atoms with van der Waals surface area (Å²) in [5, 5.41) is 6.26. The number of nitrogen functional groups attached to an aromatic ring is 1. The molecule has 2 aromatic carbocycles. The van der Waals surface area contributed by atoms with E-state index in [9.17, 15) is 22.4 Å². The number of hydrogen-bond acceptors (Lipinski definition) is 6. The van der Waals surface area contributed by atoms with Crippen molar-refractivity contribution in [1.82, 2.24) is 19.5 Å². The first kappa shape index (κ1) is 26.6. The molecule has 0 saturated heterocycles. The third-order valence-corrected chi connectivity index (χ3v) is 6.42. The number of amides is 1. The standard InChI is InChI=1S/C28H23F4N7O/c1-15(16-3-5-17(6-4-16)22-13-39(2)26-23(22)24(33)35-14-36-26)37-25-21(11-18(12-34-25)28(30,31)32)27(40)38-20-9-7-19(29)8-10-20/h3-15H,1-2H3,(H,34,37)(H,38,40)(H2,33,35,36). The molecule has 0 aliphatic carbocycles. The van der Waals surface area contributed by atoms with Crippen molar-refractivity contribution >= 4 is 34.3 Å². The zero-order valence-corrected chi connectivity index (χ0v) is 21.3. The molecule has 5 aromatic rings. The zero-order chi connectivity index (χ0) is 28.6. The van der Waals surface area contributed by atoms with Gasteiger partial charge in [-0.25, -0.2) is 19.3 Å². The van der Waals surface area contributed by atoms with E-state index in [1.807, 2.05) is 42.1 Å². The summed E-state index contributed by atoms with van der Waals surface area (Å²) in [5.74, 6) is -1.02. The molecule has 204 valence electrons. The van der Waals surface area contributed by atoms with Gasteiger partial charge in [0.15, 0.2) is 0 Å². The smallest absolute Gasteiger partial charge is 0.383 e. The van der Waals surface area contributed by atoms with Gasteiger partial charge >= 0.3 is 6.18 Å². The third-order valence-electron chi connectivity index (χ3n) is 6.42. The number of nitrogens with zero attached hydrogens (tertiary/aromatic N) is 4. The van der Waals surface area contributed by atoms with Crippen LogP contribution in [0.5, 0.6) is 0 Å². The van der Waals surface area contributed by atoms with Crippen LogP contribution in [-0.2, 0) is 13.2 Å². The molecule has 1 atom stereocenters. The van der Waals surface area contributed by atoms with Gasteiger partial charge in [0, 0.05) is 36.7 Å². The predicted octanol–water partition coefficient (Wildman–Crippen LogP) is 6.20. The number of anilines is 3. The van der Waals surface area contributed by atoms with Crippen LogP contribution in [0, 0.1) is 5.82 Å². The molecule has 12 heteroatoms. The Morgan fingerprint density at radius 2 is 1.73 bits per heavy atom. The number of nitrogens with one attached hydrogen (secondary N) is 2. The SMILES string of the molecule is CC(Nc1ncc(C(F)(F)F)cc1C(=O)Nc1ccc(F)cc1)c1ccc(-c2cn(C)c3ncnc(N)c23)cc1. The highest BCUT2D eigenvalue weighted by Crippen LogP contribution is 2.34. The quantitative estimate of drug-likeness (QED) is 0.218. The first-order chi connectivity index (χ1) is 19.0. The second-order valence-corrected chi connectivity index (χ2v) is 9.18. The van der Waals surface area contributed by atoms with Crippen LogP contribution >= 0.6 is 0 Å². The highest BCUT2D eigenvalue weighted by molar-refractivity contribution is 6.07. The van der Waals surface area contributed by atoms with E-state index in [-0.39, 0.29) is 17.1 Å². The maximum Gasteiger partial charge on any atom is 0.417 e. The molecule has 1 unspecified atom stereocenters. The third kappa shape index (κ3) is 5.28. The maximum atomic E-state index is 13.4. The van der Waals surface area contributed by atoms with Gasteiger partial charge in [-0.15, -0.1) is 0 Å². The van der Waals surface area contributed by atoms with Gasteiger partial charge in [0.2, 0.25) is 0 Å². The Bertz CT molecular complexity index is 1700. The maximum absolute atomic E-state index is 13.4. The Hall–Kier alpha value is -5.00. The summed E-state index contributed by atoms with van der Waals surface area (Å²) < 4.78 is 55.3. The lowest BCUT2D eigenvalue weighted by atomic mass is 10.0. The number of alkyl halides is 3. The molecule has 1 amide bonds. The molecule has 4 N–H and O–H groups in total. The van der Waals surface area contributed by atoms with Crippen LogP contribution in [0.25, 0.3) is 22.2 Å². The van der Waals surface area contributed by atoms with Crippen LogP contribution in [0.4, 0.5) is 34.9 Å². The van der Waals surface area contributed by atoms with Gasteiger partial charge in [0.1, 0.15) is 29.4 Å². The summed E-state index contributed by atoms with van der Waals surface area (Å²) in [6.07, 6.45) is -0.723. The van der Waals surface area contributed by atoms with Crippen molar-refractivity contribution in [3.05, 3.63) is 95.8 Å². The van der Waals surface area contributed by atoms with Gasteiger partial charge in [0.05, 0.1) is 16.5 Å². The fourth-order valence-electron chi connectivity index (χ4n) is 4.33. The van der Waals surface area contributed by atoms with Crippen molar-refractivity contribution in [3.8, 4) is 11.1 Å². The van der Waals surface area contributed by atoms with E-state index in [1.165, 1.54) is 18.5 Å². The monoisotopic (exact) mass is 549 g/mol. The largest absolute Gasteiger partial charge is 0.417 e. The molecular weight excluding hydrogens is 526 g/mol. The van der Waals surface area contributed by atoms with Crippen LogP contribution in [0.3, 0.4) is 0 Å².